The van der Waals surface area contributed by atoms with E-state index in [1.807, 2.05) is 71.6 Å². The van der Waals surface area contributed by atoms with Crippen molar-refractivity contribution in [2.75, 3.05) is 52.9 Å². The van der Waals surface area contributed by atoms with E-state index in [9.17, 15) is 13.2 Å². The number of sulfonamides is 1. The number of para-hydroxylation sites is 1. The van der Waals surface area contributed by atoms with Crippen molar-refractivity contribution in [3.05, 3.63) is 78.4 Å². The summed E-state index contributed by atoms with van der Waals surface area (Å²) in [6.45, 7) is 4.08. The molecule has 1 amide bonds. The van der Waals surface area contributed by atoms with Crippen molar-refractivity contribution in [2.24, 2.45) is 5.92 Å². The summed E-state index contributed by atoms with van der Waals surface area (Å²) in [6, 6.07) is 21.0. The van der Waals surface area contributed by atoms with E-state index in [0.29, 0.717) is 44.2 Å². The molecule has 41 heavy (non-hydrogen) atoms. The molecule has 0 bridgehead atoms. The third-order valence-electron chi connectivity index (χ3n) is 8.40. The van der Waals surface area contributed by atoms with E-state index in [4.69, 9.17) is 4.74 Å². The average Bonchev–Trinajstić information content (AvgIpc) is 3.03. The monoisotopic (exact) mass is 575 g/mol. The van der Waals surface area contributed by atoms with E-state index >= 15 is 0 Å². The van der Waals surface area contributed by atoms with E-state index in [1.54, 1.807) is 23.5 Å². The first-order valence-corrected chi connectivity index (χ1v) is 16.2. The highest BCUT2D eigenvalue weighted by atomic mass is 32.2. The normalized spacial score (nSPS) is 17.7. The zero-order chi connectivity index (χ0) is 28.7. The van der Waals surface area contributed by atoms with Gasteiger partial charge in [0, 0.05) is 57.3 Å². The van der Waals surface area contributed by atoms with Gasteiger partial charge in [-0.3, -0.25) is 9.69 Å². The van der Waals surface area contributed by atoms with Crippen molar-refractivity contribution in [1.29, 1.82) is 0 Å². The van der Waals surface area contributed by atoms with Crippen LogP contribution in [0.5, 0.6) is 5.75 Å². The van der Waals surface area contributed by atoms with Crippen molar-refractivity contribution >= 4 is 32.8 Å². The molecule has 1 saturated heterocycles. The first kappa shape index (κ1) is 29.3. The lowest BCUT2D eigenvalue weighted by Gasteiger charge is -2.36. The lowest BCUT2D eigenvalue weighted by molar-refractivity contribution is -0.136. The molecule has 3 aromatic carbocycles. The number of rotatable bonds is 10. The minimum Gasteiger partial charge on any atom is -0.496 e. The number of benzene rings is 3. The van der Waals surface area contributed by atoms with Gasteiger partial charge in [-0.1, -0.05) is 79.9 Å². The molecule has 0 radical (unpaired) electrons. The highest BCUT2D eigenvalue weighted by Crippen LogP contribution is 2.26. The van der Waals surface area contributed by atoms with Crippen LogP contribution in [-0.4, -0.2) is 81.4 Å². The van der Waals surface area contributed by atoms with Gasteiger partial charge in [-0.15, -0.1) is 0 Å². The second-order valence-corrected chi connectivity index (χ2v) is 13.0. The summed E-state index contributed by atoms with van der Waals surface area (Å²) in [4.78, 5) is 18.1. The second-order valence-electron chi connectivity index (χ2n) is 11.0. The van der Waals surface area contributed by atoms with Crippen LogP contribution in [0.3, 0.4) is 0 Å². The molecule has 1 aliphatic heterocycles. The van der Waals surface area contributed by atoms with Gasteiger partial charge in [-0.05, 0) is 41.8 Å². The van der Waals surface area contributed by atoms with E-state index in [0.717, 1.165) is 54.3 Å². The highest BCUT2D eigenvalue weighted by molar-refractivity contribution is 7.89. The lowest BCUT2D eigenvalue weighted by Crippen LogP contribution is -2.51. The summed E-state index contributed by atoms with van der Waals surface area (Å²) in [5.41, 5.74) is 0.990. The van der Waals surface area contributed by atoms with Crippen molar-refractivity contribution in [3.63, 3.8) is 0 Å². The topological polar surface area (TPSA) is 70.2 Å². The largest absolute Gasteiger partial charge is 0.496 e. The fourth-order valence-electron chi connectivity index (χ4n) is 5.94. The Bertz CT molecular complexity index is 1460. The number of carbonyl (C=O) groups excluding carboxylic acids is 1. The Labute approximate surface area is 244 Å². The van der Waals surface area contributed by atoms with Gasteiger partial charge in [0.1, 0.15) is 5.75 Å². The minimum atomic E-state index is -3.56. The van der Waals surface area contributed by atoms with Gasteiger partial charge in [0.2, 0.25) is 15.9 Å². The first-order valence-electron chi connectivity index (χ1n) is 14.8. The van der Waals surface area contributed by atoms with E-state index in [1.165, 1.54) is 6.42 Å². The zero-order valence-electron chi connectivity index (χ0n) is 24.0. The van der Waals surface area contributed by atoms with Crippen LogP contribution in [0, 0.1) is 5.92 Å². The number of carbonyl (C=O) groups is 1. The maximum atomic E-state index is 13.5. The molecule has 7 nitrogen and oxygen atoms in total. The molecule has 218 valence electrons. The third-order valence-corrected chi connectivity index (χ3v) is 10.3. The smallest absolute Gasteiger partial charge is 0.243 e. The number of hydrogen-bond donors (Lipinski definition) is 0. The van der Waals surface area contributed by atoms with Gasteiger partial charge in [-0.25, -0.2) is 8.42 Å². The van der Waals surface area contributed by atoms with Crippen LogP contribution < -0.4 is 4.74 Å². The van der Waals surface area contributed by atoms with Crippen molar-refractivity contribution < 1.29 is 17.9 Å². The fraction of sp³-hybridized carbons (Fsp3) is 0.424. The molecule has 8 heteroatoms. The quantitative estimate of drug-likeness (QED) is 0.329. The minimum absolute atomic E-state index is 0.104. The summed E-state index contributed by atoms with van der Waals surface area (Å²) < 4.78 is 33.8. The van der Waals surface area contributed by atoms with E-state index in [-0.39, 0.29) is 11.8 Å². The Hall–Kier alpha value is -3.20. The van der Waals surface area contributed by atoms with Gasteiger partial charge in [0.25, 0.3) is 0 Å². The Balaban J connectivity index is 1.20. The Kier molecular flexibility index (Phi) is 9.75. The van der Waals surface area contributed by atoms with E-state index < -0.39 is 10.0 Å². The SMILES string of the molecule is COc1ccccc1/C=C/CN(CCN1CCN(S(=O)(=O)c2ccc3ccccc3c2)CC1)C(=O)C1CCCCC1. The summed E-state index contributed by atoms with van der Waals surface area (Å²) in [5.74, 6) is 1.16. The number of amides is 1. The standard InChI is InChI=1S/C33H41N3O4S/c1-40-32-16-8-7-11-28(32)15-9-19-35(33(37)29-12-3-2-4-13-29)23-20-34-21-24-36(25-22-34)41(38,39)31-18-17-27-10-5-6-14-30(27)26-31/h5-11,14-18,26,29H,2-4,12-13,19-25H2,1H3/b15-9+. The molecule has 0 aromatic heterocycles. The Morgan fingerprint density at radius 2 is 1.63 bits per heavy atom. The summed E-state index contributed by atoms with van der Waals surface area (Å²) in [6.07, 6.45) is 9.46. The Morgan fingerprint density at radius 1 is 0.927 bits per heavy atom. The number of nitrogens with zero attached hydrogens (tertiary/aromatic N) is 3. The van der Waals surface area contributed by atoms with Gasteiger partial charge in [0.15, 0.2) is 0 Å². The maximum Gasteiger partial charge on any atom is 0.243 e. The molecular weight excluding hydrogens is 534 g/mol. The average molecular weight is 576 g/mol. The number of piperazine rings is 1. The number of ether oxygens (including phenoxy) is 1. The van der Waals surface area contributed by atoms with Crippen LogP contribution in [0.2, 0.25) is 0 Å². The van der Waals surface area contributed by atoms with Crippen LogP contribution in [0.15, 0.2) is 77.7 Å². The molecule has 1 aliphatic carbocycles. The molecule has 1 saturated carbocycles. The fourth-order valence-corrected chi connectivity index (χ4v) is 7.40. The third kappa shape index (κ3) is 7.18. The summed E-state index contributed by atoms with van der Waals surface area (Å²) >= 11 is 0. The molecule has 0 atom stereocenters. The molecule has 5 rings (SSSR count). The zero-order valence-corrected chi connectivity index (χ0v) is 24.8. The van der Waals surface area contributed by atoms with Gasteiger partial charge >= 0.3 is 0 Å². The molecule has 2 fully saturated rings. The van der Waals surface area contributed by atoms with Crippen LogP contribution in [0.1, 0.15) is 37.7 Å². The molecule has 0 unspecified atom stereocenters. The number of methoxy groups -OCH3 is 1. The molecule has 0 N–H and O–H groups in total. The van der Waals surface area contributed by atoms with Crippen LogP contribution in [-0.2, 0) is 14.8 Å². The molecular formula is C33H41N3O4S. The van der Waals surface area contributed by atoms with Crippen molar-refractivity contribution in [2.45, 2.75) is 37.0 Å². The highest BCUT2D eigenvalue weighted by Gasteiger charge is 2.30. The number of fused-ring (bicyclic) bond motifs is 1. The van der Waals surface area contributed by atoms with Gasteiger partial charge in [-0.2, -0.15) is 4.31 Å². The van der Waals surface area contributed by atoms with E-state index in [2.05, 4.69) is 4.90 Å². The van der Waals surface area contributed by atoms with Gasteiger partial charge < -0.3 is 9.64 Å². The lowest BCUT2D eigenvalue weighted by atomic mass is 9.88. The molecule has 2 aliphatic rings. The molecule has 3 aromatic rings. The predicted molar refractivity (Wildman–Crippen MR) is 164 cm³/mol. The van der Waals surface area contributed by atoms with Crippen molar-refractivity contribution in [1.82, 2.24) is 14.1 Å². The van der Waals surface area contributed by atoms with Crippen molar-refractivity contribution in [3.8, 4) is 5.75 Å². The van der Waals surface area contributed by atoms with Crippen LogP contribution in [0.4, 0.5) is 0 Å². The van der Waals surface area contributed by atoms with Gasteiger partial charge in [0.05, 0.1) is 12.0 Å². The summed E-state index contributed by atoms with van der Waals surface area (Å²) in [7, 11) is -1.89. The maximum absolute atomic E-state index is 13.5. The van der Waals surface area contributed by atoms with Crippen LogP contribution >= 0.6 is 0 Å². The first-order chi connectivity index (χ1) is 20.0. The molecule has 1 heterocycles. The summed E-state index contributed by atoms with van der Waals surface area (Å²) in [5, 5.41) is 1.95. The van der Waals surface area contributed by atoms with Crippen LogP contribution in [0.25, 0.3) is 16.8 Å². The Morgan fingerprint density at radius 3 is 2.39 bits per heavy atom. The second kappa shape index (κ2) is 13.6. The number of hydrogen-bond acceptors (Lipinski definition) is 5. The predicted octanol–water partition coefficient (Wildman–Crippen LogP) is 5.28. The molecule has 0 spiro atoms.